The Morgan fingerprint density at radius 1 is 1.33 bits per heavy atom. The molecule has 24 heavy (non-hydrogen) atoms. The van der Waals surface area contributed by atoms with Crippen LogP contribution in [0.3, 0.4) is 0 Å². The summed E-state index contributed by atoms with van der Waals surface area (Å²) in [6.07, 6.45) is 1.50. The van der Waals surface area contributed by atoms with Crippen LogP contribution in [0.25, 0.3) is 10.9 Å². The van der Waals surface area contributed by atoms with Crippen molar-refractivity contribution in [3.05, 3.63) is 29.2 Å². The Hall–Kier alpha value is -0.983. The zero-order chi connectivity index (χ0) is 17.5. The van der Waals surface area contributed by atoms with Gasteiger partial charge in [-0.1, -0.05) is 31.2 Å². The molecule has 2 heterocycles. The lowest BCUT2D eigenvalue weighted by molar-refractivity contribution is -0.0889. The number of fused-ring (bicyclic) bond motifs is 1. The highest BCUT2D eigenvalue weighted by atomic mass is 35.5. The van der Waals surface area contributed by atoms with Gasteiger partial charge in [-0.25, -0.2) is 13.8 Å². The van der Waals surface area contributed by atoms with Crippen molar-refractivity contribution < 1.29 is 13.5 Å². The molecule has 2 aromatic heterocycles. The Labute approximate surface area is 147 Å². The Kier molecular flexibility index (Phi) is 4.75. The number of nitrogens with zero attached hydrogens (tertiary/aromatic N) is 2. The summed E-state index contributed by atoms with van der Waals surface area (Å²) in [5, 5.41) is 1.31. The van der Waals surface area contributed by atoms with E-state index < -0.39 is 14.0 Å². The first-order chi connectivity index (χ1) is 11.1. The first kappa shape index (κ1) is 17.8. The Morgan fingerprint density at radius 2 is 2.04 bits per heavy atom. The Bertz CT molecular complexity index is 734. The minimum Gasteiger partial charge on any atom is -0.361 e. The van der Waals surface area contributed by atoms with E-state index >= 15 is 0 Å². The topological polar surface area (TPSA) is 27.1 Å². The molecule has 0 radical (unpaired) electrons. The van der Waals surface area contributed by atoms with E-state index in [1.807, 2.05) is 10.6 Å². The number of hydrogen-bond donors (Lipinski definition) is 0. The largest absolute Gasteiger partial charge is 0.361 e. The standard InChI is InChI=1S/C17H23ClF2N2OSi/c1-24(2,3)5-4-23-11-22-14(13-8-17(19,20)9-13)6-12-10-21-16(18)7-15(12)22/h6-7,10,13H,4-5,8-9,11H2,1-3H3. The molecule has 0 aliphatic heterocycles. The van der Waals surface area contributed by atoms with Crippen LogP contribution in [0, 0.1) is 0 Å². The van der Waals surface area contributed by atoms with Crippen LogP contribution in [0.5, 0.6) is 0 Å². The van der Waals surface area contributed by atoms with Crippen LogP contribution in [-0.2, 0) is 11.5 Å². The molecule has 3 rings (SSSR count). The molecule has 0 spiro atoms. The van der Waals surface area contributed by atoms with Crippen molar-refractivity contribution in [3.8, 4) is 0 Å². The average Bonchev–Trinajstić information content (AvgIpc) is 2.77. The minimum atomic E-state index is -2.54. The number of pyridine rings is 1. The van der Waals surface area contributed by atoms with Gasteiger partial charge in [0.2, 0.25) is 5.92 Å². The zero-order valence-electron chi connectivity index (χ0n) is 14.3. The minimum absolute atomic E-state index is 0.0978. The summed E-state index contributed by atoms with van der Waals surface area (Å²) in [5.41, 5.74) is 1.79. The fraction of sp³-hybridized carbons (Fsp3) is 0.588. The van der Waals surface area contributed by atoms with Crippen LogP contribution in [0.4, 0.5) is 8.78 Å². The first-order valence-corrected chi connectivity index (χ1v) is 12.3. The third kappa shape index (κ3) is 3.98. The van der Waals surface area contributed by atoms with Crippen molar-refractivity contribution in [1.82, 2.24) is 9.55 Å². The summed E-state index contributed by atoms with van der Waals surface area (Å²) in [6, 6.07) is 4.80. The molecular formula is C17H23ClF2N2OSi. The molecule has 1 fully saturated rings. The number of hydrogen-bond acceptors (Lipinski definition) is 2. The average molecular weight is 373 g/mol. The van der Waals surface area contributed by atoms with Gasteiger partial charge in [0.05, 0.1) is 5.52 Å². The summed E-state index contributed by atoms with van der Waals surface area (Å²) in [4.78, 5) is 4.09. The molecule has 0 atom stereocenters. The van der Waals surface area contributed by atoms with Crippen LogP contribution in [0.2, 0.25) is 30.8 Å². The Morgan fingerprint density at radius 3 is 2.67 bits per heavy atom. The van der Waals surface area contributed by atoms with Crippen molar-refractivity contribution >= 4 is 30.6 Å². The molecule has 3 nitrogen and oxygen atoms in total. The molecule has 0 aromatic carbocycles. The van der Waals surface area contributed by atoms with Gasteiger partial charge in [-0.15, -0.1) is 0 Å². The van der Waals surface area contributed by atoms with Crippen molar-refractivity contribution in [2.24, 2.45) is 0 Å². The summed E-state index contributed by atoms with van der Waals surface area (Å²) in [6.45, 7) is 7.96. The normalized spacial score (nSPS) is 18.1. The van der Waals surface area contributed by atoms with Gasteiger partial charge in [-0.3, -0.25) is 0 Å². The number of aromatic nitrogens is 2. The van der Waals surface area contributed by atoms with E-state index in [0.29, 0.717) is 18.5 Å². The maximum absolute atomic E-state index is 13.3. The predicted molar refractivity (Wildman–Crippen MR) is 95.8 cm³/mol. The Balaban J connectivity index is 1.81. The zero-order valence-corrected chi connectivity index (χ0v) is 16.0. The van der Waals surface area contributed by atoms with Gasteiger partial charge < -0.3 is 9.30 Å². The molecule has 0 N–H and O–H groups in total. The van der Waals surface area contributed by atoms with Crippen LogP contribution in [0.15, 0.2) is 18.3 Å². The van der Waals surface area contributed by atoms with Crippen molar-refractivity contribution in [2.45, 2.75) is 57.1 Å². The van der Waals surface area contributed by atoms with E-state index in [9.17, 15) is 8.78 Å². The fourth-order valence-corrected chi connectivity index (χ4v) is 3.95. The monoisotopic (exact) mass is 372 g/mol. The first-order valence-electron chi connectivity index (χ1n) is 8.25. The SMILES string of the molecule is C[Si](C)(C)CCOCn1c(C2CC(F)(F)C2)cc2cnc(Cl)cc21. The summed E-state index contributed by atoms with van der Waals surface area (Å²) in [7, 11) is -1.16. The van der Waals surface area contributed by atoms with Gasteiger partial charge in [0.1, 0.15) is 11.9 Å². The molecule has 132 valence electrons. The highest BCUT2D eigenvalue weighted by Crippen LogP contribution is 2.49. The molecule has 1 aliphatic carbocycles. The highest BCUT2D eigenvalue weighted by Gasteiger charge is 2.47. The number of alkyl halides is 2. The van der Waals surface area contributed by atoms with Crippen LogP contribution in [0.1, 0.15) is 24.5 Å². The molecule has 1 aliphatic rings. The maximum atomic E-state index is 13.3. The van der Waals surface area contributed by atoms with Crippen molar-refractivity contribution in [1.29, 1.82) is 0 Å². The second-order valence-electron chi connectivity index (χ2n) is 7.87. The van der Waals surface area contributed by atoms with E-state index in [-0.39, 0.29) is 18.8 Å². The van der Waals surface area contributed by atoms with E-state index in [2.05, 4.69) is 24.6 Å². The van der Waals surface area contributed by atoms with Gasteiger partial charge in [-0.2, -0.15) is 0 Å². The van der Waals surface area contributed by atoms with Crippen molar-refractivity contribution in [2.75, 3.05) is 6.61 Å². The molecule has 2 aromatic rings. The predicted octanol–water partition coefficient (Wildman–Crippen LogP) is 5.51. The van der Waals surface area contributed by atoms with E-state index in [1.54, 1.807) is 12.3 Å². The van der Waals surface area contributed by atoms with Crippen molar-refractivity contribution in [3.63, 3.8) is 0 Å². The highest BCUT2D eigenvalue weighted by molar-refractivity contribution is 6.76. The maximum Gasteiger partial charge on any atom is 0.249 e. The molecule has 0 saturated heterocycles. The third-order valence-corrected chi connectivity index (χ3v) is 6.42. The number of rotatable bonds is 6. The van der Waals surface area contributed by atoms with Crippen LogP contribution >= 0.6 is 11.6 Å². The van der Waals surface area contributed by atoms with Gasteiger partial charge in [0, 0.05) is 50.7 Å². The fourth-order valence-electron chi connectivity index (χ4n) is 3.04. The smallest absolute Gasteiger partial charge is 0.249 e. The second-order valence-corrected chi connectivity index (χ2v) is 13.9. The molecule has 0 bridgehead atoms. The number of halogens is 3. The number of ether oxygens (including phenoxy) is 1. The van der Waals surface area contributed by atoms with E-state index in [0.717, 1.165) is 22.6 Å². The summed E-state index contributed by atoms with van der Waals surface area (Å²) >= 11 is 6.01. The molecule has 0 unspecified atom stereocenters. The molecular weight excluding hydrogens is 350 g/mol. The quantitative estimate of drug-likeness (QED) is 0.379. The van der Waals surface area contributed by atoms with Crippen LogP contribution < -0.4 is 0 Å². The third-order valence-electron chi connectivity index (χ3n) is 4.51. The van der Waals surface area contributed by atoms with Gasteiger partial charge in [0.15, 0.2) is 0 Å². The van der Waals surface area contributed by atoms with Gasteiger partial charge in [0.25, 0.3) is 0 Å². The van der Waals surface area contributed by atoms with Gasteiger partial charge >= 0.3 is 0 Å². The van der Waals surface area contributed by atoms with Crippen LogP contribution in [-0.4, -0.2) is 30.2 Å². The lowest BCUT2D eigenvalue weighted by Gasteiger charge is -2.35. The van der Waals surface area contributed by atoms with E-state index in [4.69, 9.17) is 16.3 Å². The molecule has 1 saturated carbocycles. The summed E-state index contributed by atoms with van der Waals surface area (Å²) < 4.78 is 34.4. The summed E-state index contributed by atoms with van der Waals surface area (Å²) in [5.74, 6) is -2.67. The molecule has 7 heteroatoms. The lowest BCUT2D eigenvalue weighted by atomic mass is 9.79. The van der Waals surface area contributed by atoms with Gasteiger partial charge in [-0.05, 0) is 18.2 Å². The second kappa shape index (κ2) is 6.39. The van der Waals surface area contributed by atoms with E-state index in [1.165, 1.54) is 0 Å². The lowest BCUT2D eigenvalue weighted by Crippen LogP contribution is -2.35. The molecule has 0 amide bonds.